The number of hydrogen-bond acceptors (Lipinski definition) is 5. The molecule has 0 atom stereocenters. The second-order valence-electron chi connectivity index (χ2n) is 7.80. The van der Waals surface area contributed by atoms with Gasteiger partial charge < -0.3 is 15.6 Å². The molecule has 5 rings (SSSR count). The fourth-order valence-corrected chi connectivity index (χ4v) is 4.31. The van der Waals surface area contributed by atoms with Crippen LogP contribution in [0.1, 0.15) is 21.5 Å². The number of H-pyrrole nitrogens is 1. The minimum absolute atomic E-state index is 0.0864. The molecule has 176 valence electrons. The average Bonchev–Trinajstić information content (AvgIpc) is 3.52. The second-order valence-corrected chi connectivity index (χ2v) is 8.75. The van der Waals surface area contributed by atoms with Gasteiger partial charge in [-0.2, -0.15) is 13.2 Å². The SMILES string of the molecule is Cc1ccc(NC(=O)c2cccc(C(F)(F)F)c2)cc1Nc1nc(-c2cccs2)c2[nH]ccc2n1. The van der Waals surface area contributed by atoms with Gasteiger partial charge in [-0.25, -0.2) is 9.97 Å². The Balaban J connectivity index is 1.42. The van der Waals surface area contributed by atoms with Gasteiger partial charge in [-0.15, -0.1) is 11.3 Å². The first-order chi connectivity index (χ1) is 16.8. The monoisotopic (exact) mass is 493 g/mol. The topological polar surface area (TPSA) is 82.7 Å². The van der Waals surface area contributed by atoms with E-state index in [1.165, 1.54) is 12.1 Å². The highest BCUT2D eigenvalue weighted by atomic mass is 32.1. The number of anilines is 3. The van der Waals surface area contributed by atoms with Crippen LogP contribution in [0.5, 0.6) is 0 Å². The smallest absolute Gasteiger partial charge is 0.358 e. The first-order valence-corrected chi connectivity index (χ1v) is 11.4. The number of amides is 1. The lowest BCUT2D eigenvalue weighted by molar-refractivity contribution is -0.137. The van der Waals surface area contributed by atoms with Crippen LogP contribution in [0.4, 0.5) is 30.5 Å². The zero-order chi connectivity index (χ0) is 24.6. The third-order valence-corrected chi connectivity index (χ3v) is 6.23. The summed E-state index contributed by atoms with van der Waals surface area (Å²) in [5, 5.41) is 7.84. The number of benzene rings is 2. The minimum Gasteiger partial charge on any atom is -0.358 e. The van der Waals surface area contributed by atoms with E-state index in [4.69, 9.17) is 0 Å². The molecule has 3 N–H and O–H groups in total. The normalized spacial score (nSPS) is 11.5. The summed E-state index contributed by atoms with van der Waals surface area (Å²) in [6.45, 7) is 1.88. The van der Waals surface area contributed by atoms with Crippen molar-refractivity contribution in [1.82, 2.24) is 15.0 Å². The molecule has 5 aromatic rings. The van der Waals surface area contributed by atoms with Crippen molar-refractivity contribution in [1.29, 1.82) is 0 Å². The molecular formula is C25H18F3N5OS. The fourth-order valence-electron chi connectivity index (χ4n) is 3.59. The van der Waals surface area contributed by atoms with Gasteiger partial charge >= 0.3 is 6.18 Å². The molecule has 0 bridgehead atoms. The molecule has 10 heteroatoms. The molecule has 35 heavy (non-hydrogen) atoms. The third-order valence-electron chi connectivity index (χ3n) is 5.35. The molecule has 0 radical (unpaired) electrons. The minimum atomic E-state index is -4.53. The van der Waals surface area contributed by atoms with Crippen molar-refractivity contribution < 1.29 is 18.0 Å². The number of thiophene rings is 1. The predicted molar refractivity (Wildman–Crippen MR) is 131 cm³/mol. The van der Waals surface area contributed by atoms with Gasteiger partial charge in [-0.05, 0) is 60.3 Å². The van der Waals surface area contributed by atoms with Crippen molar-refractivity contribution in [2.24, 2.45) is 0 Å². The van der Waals surface area contributed by atoms with E-state index in [2.05, 4.69) is 25.6 Å². The summed E-state index contributed by atoms with van der Waals surface area (Å²) in [6.07, 6.45) is -2.73. The summed E-state index contributed by atoms with van der Waals surface area (Å²) in [5.41, 5.74) is 3.32. The molecule has 2 aromatic carbocycles. The number of hydrogen-bond donors (Lipinski definition) is 3. The van der Waals surface area contributed by atoms with Crippen molar-refractivity contribution in [2.45, 2.75) is 13.1 Å². The average molecular weight is 494 g/mol. The molecule has 0 aliphatic carbocycles. The van der Waals surface area contributed by atoms with Crippen molar-refractivity contribution in [3.8, 4) is 10.6 Å². The van der Waals surface area contributed by atoms with E-state index in [0.29, 0.717) is 17.3 Å². The number of nitrogens with one attached hydrogen (secondary N) is 3. The number of fused-ring (bicyclic) bond motifs is 1. The predicted octanol–water partition coefficient (Wildman–Crippen LogP) is 7.01. The lowest BCUT2D eigenvalue weighted by Gasteiger charge is -2.13. The number of aromatic amines is 1. The summed E-state index contributed by atoms with van der Waals surface area (Å²) in [4.78, 5) is 26.0. The zero-order valence-electron chi connectivity index (χ0n) is 18.3. The third kappa shape index (κ3) is 4.73. The number of rotatable bonds is 5. The number of aryl methyl sites for hydroxylation is 1. The summed E-state index contributed by atoms with van der Waals surface area (Å²) in [5.74, 6) is -0.263. The molecular weight excluding hydrogens is 475 g/mol. The van der Waals surface area contributed by atoms with Gasteiger partial charge in [0.05, 0.1) is 21.5 Å². The standard InChI is InChI=1S/C25H18F3N5OS/c1-14-7-8-17(30-23(34)15-4-2-5-16(12-15)25(26,27)28)13-19(14)32-24-31-18-9-10-29-21(18)22(33-24)20-6-3-11-35-20/h2-13,29H,1H3,(H,30,34)(H,31,32,33). The van der Waals surface area contributed by atoms with Gasteiger partial charge in [0.2, 0.25) is 5.95 Å². The molecule has 0 aliphatic rings. The van der Waals surface area contributed by atoms with Crippen molar-refractivity contribution in [3.05, 3.63) is 88.9 Å². The van der Waals surface area contributed by atoms with Crippen molar-refractivity contribution in [2.75, 3.05) is 10.6 Å². The highest BCUT2D eigenvalue weighted by Gasteiger charge is 2.30. The Bertz CT molecular complexity index is 1530. The second kappa shape index (κ2) is 8.88. The zero-order valence-corrected chi connectivity index (χ0v) is 19.1. The number of alkyl halides is 3. The quantitative estimate of drug-likeness (QED) is 0.246. The van der Waals surface area contributed by atoms with Gasteiger partial charge in [0.1, 0.15) is 5.69 Å². The summed E-state index contributed by atoms with van der Waals surface area (Å²) in [7, 11) is 0. The molecule has 0 spiro atoms. The summed E-state index contributed by atoms with van der Waals surface area (Å²) in [6, 6.07) is 15.2. The van der Waals surface area contributed by atoms with Crippen molar-refractivity contribution in [3.63, 3.8) is 0 Å². The maximum absolute atomic E-state index is 13.0. The molecule has 0 aliphatic heterocycles. The first-order valence-electron chi connectivity index (χ1n) is 10.5. The first kappa shape index (κ1) is 22.6. The van der Waals surface area contributed by atoms with E-state index < -0.39 is 17.6 Å². The van der Waals surface area contributed by atoms with Crippen LogP contribution in [0.15, 0.2) is 72.2 Å². The van der Waals surface area contributed by atoms with Crippen LogP contribution in [0.2, 0.25) is 0 Å². The molecule has 0 fully saturated rings. The highest BCUT2D eigenvalue weighted by molar-refractivity contribution is 7.13. The Morgan fingerprint density at radius 1 is 1.03 bits per heavy atom. The number of carbonyl (C=O) groups excluding carboxylic acids is 1. The van der Waals surface area contributed by atoms with Crippen LogP contribution in [0, 0.1) is 6.92 Å². The highest BCUT2D eigenvalue weighted by Crippen LogP contribution is 2.32. The fraction of sp³-hybridized carbons (Fsp3) is 0.0800. The number of aromatic nitrogens is 3. The van der Waals surface area contributed by atoms with E-state index in [0.717, 1.165) is 39.3 Å². The molecule has 3 aromatic heterocycles. The largest absolute Gasteiger partial charge is 0.416 e. The molecule has 0 unspecified atom stereocenters. The Kier molecular flexibility index (Phi) is 5.73. The van der Waals surface area contributed by atoms with Gasteiger partial charge in [-0.1, -0.05) is 18.2 Å². The Morgan fingerprint density at radius 2 is 1.89 bits per heavy atom. The maximum Gasteiger partial charge on any atom is 0.416 e. The molecule has 6 nitrogen and oxygen atoms in total. The van der Waals surface area contributed by atoms with E-state index in [9.17, 15) is 18.0 Å². The van der Waals surface area contributed by atoms with Crippen LogP contribution in [0.3, 0.4) is 0 Å². The van der Waals surface area contributed by atoms with Gasteiger partial charge in [0, 0.05) is 23.1 Å². The molecule has 0 saturated carbocycles. The van der Waals surface area contributed by atoms with Gasteiger partial charge in [0.25, 0.3) is 5.91 Å². The van der Waals surface area contributed by atoms with E-state index >= 15 is 0 Å². The van der Waals surface area contributed by atoms with Crippen LogP contribution < -0.4 is 10.6 Å². The molecule has 1 amide bonds. The van der Waals surface area contributed by atoms with E-state index in [1.54, 1.807) is 35.7 Å². The van der Waals surface area contributed by atoms with Gasteiger partial charge in [0.15, 0.2) is 0 Å². The summed E-state index contributed by atoms with van der Waals surface area (Å²) >= 11 is 1.57. The maximum atomic E-state index is 13.0. The van der Waals surface area contributed by atoms with Crippen molar-refractivity contribution >= 4 is 45.6 Å². The lowest BCUT2D eigenvalue weighted by atomic mass is 10.1. The van der Waals surface area contributed by atoms with E-state index in [1.807, 2.05) is 30.5 Å². The van der Waals surface area contributed by atoms with Gasteiger partial charge in [-0.3, -0.25) is 4.79 Å². The lowest BCUT2D eigenvalue weighted by Crippen LogP contribution is -2.14. The number of halogens is 3. The van der Waals surface area contributed by atoms with E-state index in [-0.39, 0.29) is 5.56 Å². The Labute approximate surface area is 201 Å². The van der Waals surface area contributed by atoms with Crippen LogP contribution in [-0.2, 0) is 6.18 Å². The summed E-state index contributed by atoms with van der Waals surface area (Å²) < 4.78 is 39.0. The number of nitrogens with zero attached hydrogens (tertiary/aromatic N) is 2. The Hall–Kier alpha value is -4.18. The van der Waals surface area contributed by atoms with Crippen LogP contribution >= 0.6 is 11.3 Å². The van der Waals surface area contributed by atoms with Crippen LogP contribution in [0.25, 0.3) is 21.6 Å². The van der Waals surface area contributed by atoms with Crippen LogP contribution in [-0.4, -0.2) is 20.9 Å². The Morgan fingerprint density at radius 3 is 2.66 bits per heavy atom. The molecule has 3 heterocycles. The number of carbonyl (C=O) groups is 1. The molecule has 0 saturated heterocycles.